The highest BCUT2D eigenvalue weighted by Crippen LogP contribution is 2.32. The van der Waals surface area contributed by atoms with Crippen molar-refractivity contribution in [3.05, 3.63) is 83.1 Å². The quantitative estimate of drug-likeness (QED) is 0.366. The number of hydrogen-bond donors (Lipinski definition) is 5. The van der Waals surface area contributed by atoms with Gasteiger partial charge in [0.25, 0.3) is 0 Å². The largest absolute Gasteiger partial charge is 0.416 e. The van der Waals surface area contributed by atoms with E-state index < -0.39 is 11.7 Å². The average molecular weight is 488 g/mol. The van der Waals surface area contributed by atoms with E-state index in [1.807, 2.05) is 30.5 Å². The molecule has 2 aromatic rings. The van der Waals surface area contributed by atoms with Crippen LogP contribution in [0, 0.1) is 0 Å². The van der Waals surface area contributed by atoms with Gasteiger partial charge in [0.1, 0.15) is 12.0 Å². The molecule has 0 radical (unpaired) electrons. The third-order valence-corrected chi connectivity index (χ3v) is 5.34. The Morgan fingerprint density at radius 1 is 1.09 bits per heavy atom. The van der Waals surface area contributed by atoms with E-state index in [1.54, 1.807) is 0 Å². The molecule has 0 aromatic heterocycles. The van der Waals surface area contributed by atoms with Crippen molar-refractivity contribution in [1.82, 2.24) is 10.6 Å². The zero-order valence-electron chi connectivity index (χ0n) is 20.1. The van der Waals surface area contributed by atoms with Gasteiger partial charge in [-0.05, 0) is 66.7 Å². The van der Waals surface area contributed by atoms with Crippen molar-refractivity contribution < 1.29 is 18.3 Å². The van der Waals surface area contributed by atoms with Crippen LogP contribution in [0.3, 0.4) is 0 Å². The first-order valence-corrected chi connectivity index (χ1v) is 11.6. The van der Waals surface area contributed by atoms with Crippen LogP contribution in [0.5, 0.6) is 0 Å². The molecule has 0 bridgehead atoms. The summed E-state index contributed by atoms with van der Waals surface area (Å²) in [5.74, 6) is 0.540. The van der Waals surface area contributed by atoms with E-state index in [9.17, 15) is 13.2 Å². The number of fused-ring (bicyclic) bond motifs is 1. The zero-order chi connectivity index (χ0) is 25.4. The van der Waals surface area contributed by atoms with E-state index in [0.717, 1.165) is 28.9 Å². The number of nitrogens with one attached hydrogen (secondary N) is 4. The lowest BCUT2D eigenvalue weighted by molar-refractivity contribution is -0.137. The molecule has 2 aromatic carbocycles. The van der Waals surface area contributed by atoms with Crippen molar-refractivity contribution >= 4 is 17.2 Å². The first kappa shape index (κ1) is 26.3. The van der Waals surface area contributed by atoms with Crippen LogP contribution in [-0.4, -0.2) is 30.4 Å². The normalized spacial score (nSPS) is 18.7. The highest BCUT2D eigenvalue weighted by atomic mass is 19.4. The summed E-state index contributed by atoms with van der Waals surface area (Å²) < 4.78 is 38.6. The van der Waals surface area contributed by atoms with Gasteiger partial charge in [-0.3, -0.25) is 5.32 Å². The topological polar surface area (TPSA) is 80.7 Å². The van der Waals surface area contributed by atoms with Gasteiger partial charge in [0.2, 0.25) is 0 Å². The number of benzene rings is 2. The Bertz CT molecular complexity index is 1080. The van der Waals surface area contributed by atoms with Gasteiger partial charge in [0.05, 0.1) is 18.3 Å². The maximum Gasteiger partial charge on any atom is 0.416 e. The molecule has 0 saturated carbocycles. The summed E-state index contributed by atoms with van der Waals surface area (Å²) in [4.78, 5) is 4.64. The van der Waals surface area contributed by atoms with E-state index in [0.29, 0.717) is 18.1 Å². The van der Waals surface area contributed by atoms with Gasteiger partial charge >= 0.3 is 6.18 Å². The number of nitrogens with zero attached hydrogens (tertiary/aromatic N) is 1. The number of alkyl halides is 3. The molecule has 0 amide bonds. The molecule has 5 N–H and O–H groups in total. The molecule has 6 nitrogen and oxygen atoms in total. The second-order valence-corrected chi connectivity index (χ2v) is 8.33. The van der Waals surface area contributed by atoms with Crippen LogP contribution < -0.4 is 21.3 Å². The lowest BCUT2D eigenvalue weighted by Crippen LogP contribution is -2.37. The number of halogens is 3. The molecule has 188 valence electrons. The smallest absolute Gasteiger partial charge is 0.381 e. The molecule has 9 heteroatoms. The summed E-state index contributed by atoms with van der Waals surface area (Å²) in [6.07, 6.45) is 2.41. The molecule has 2 atom stereocenters. The summed E-state index contributed by atoms with van der Waals surface area (Å²) in [7, 11) is 0. The van der Waals surface area contributed by atoms with Gasteiger partial charge in [0, 0.05) is 23.5 Å². The zero-order valence-corrected chi connectivity index (χ0v) is 20.1. The molecule has 2 aliphatic rings. The third-order valence-electron chi connectivity index (χ3n) is 5.34. The molecule has 0 fully saturated rings. The highest BCUT2D eigenvalue weighted by Gasteiger charge is 2.30. The Morgan fingerprint density at radius 2 is 1.80 bits per heavy atom. The van der Waals surface area contributed by atoms with E-state index in [-0.39, 0.29) is 18.9 Å². The number of amidine groups is 1. The monoisotopic (exact) mass is 487 g/mol. The van der Waals surface area contributed by atoms with E-state index in [2.05, 4.69) is 53.1 Å². The molecule has 35 heavy (non-hydrogen) atoms. The number of rotatable bonds is 5. The molecule has 0 aliphatic carbocycles. The summed E-state index contributed by atoms with van der Waals surface area (Å²) in [6.45, 7) is 6.49. The van der Waals surface area contributed by atoms with Crippen LogP contribution in [0.1, 0.15) is 49.9 Å². The van der Waals surface area contributed by atoms with Gasteiger partial charge in [-0.15, -0.1) is 0 Å². The van der Waals surface area contributed by atoms with Crippen LogP contribution in [0.2, 0.25) is 0 Å². The first-order valence-electron chi connectivity index (χ1n) is 11.6. The van der Waals surface area contributed by atoms with Gasteiger partial charge in [-0.1, -0.05) is 32.4 Å². The number of dihydropyridines is 1. The molecule has 0 saturated heterocycles. The minimum absolute atomic E-state index is 0.0475. The third kappa shape index (κ3) is 6.86. The fourth-order valence-electron chi connectivity index (χ4n) is 3.72. The molecular weight excluding hydrogens is 455 g/mol. The average Bonchev–Trinajstić information content (AvgIpc) is 2.83. The Hall–Kier alpha value is -3.30. The van der Waals surface area contributed by atoms with Gasteiger partial charge in [0.15, 0.2) is 0 Å². The maximum absolute atomic E-state index is 12.9. The second kappa shape index (κ2) is 11.9. The van der Waals surface area contributed by atoms with Crippen LogP contribution in [0.25, 0.3) is 0 Å². The van der Waals surface area contributed by atoms with Crippen molar-refractivity contribution in [3.63, 3.8) is 0 Å². The van der Waals surface area contributed by atoms with Crippen molar-refractivity contribution in [3.8, 4) is 0 Å². The highest BCUT2D eigenvalue weighted by molar-refractivity contribution is 6.12. The lowest BCUT2D eigenvalue weighted by Gasteiger charge is -2.28. The number of hydrogen-bond acceptors (Lipinski definition) is 6. The van der Waals surface area contributed by atoms with Crippen LogP contribution in [0.4, 0.5) is 24.5 Å². The maximum atomic E-state index is 12.9. The summed E-state index contributed by atoms with van der Waals surface area (Å²) in [5.41, 5.74) is 3.70. The summed E-state index contributed by atoms with van der Waals surface area (Å²) in [6, 6.07) is 10.9. The lowest BCUT2D eigenvalue weighted by atomic mass is 9.95. The number of anilines is 2. The molecular formula is C26H32F3N5O. The van der Waals surface area contributed by atoms with E-state index >= 15 is 0 Å². The molecule has 4 rings (SSSR count). The Labute approximate surface area is 204 Å². The predicted molar refractivity (Wildman–Crippen MR) is 135 cm³/mol. The fourth-order valence-corrected chi connectivity index (χ4v) is 3.72. The molecule has 2 unspecified atom stereocenters. The molecule has 0 spiro atoms. The number of aliphatic hydroxyl groups is 1. The predicted octanol–water partition coefficient (Wildman–Crippen LogP) is 5.38. The number of allylic oxidation sites excluding steroid dienone is 2. The standard InChI is InChI=1S/C23H24F3N5O.C3H8/c1-14-3-2-10-28-21(14)15-4-9-18-19(11-15)30-20(12-27-13-32)31-22(18)29-17-7-5-16(6-8-17)23(24,25)26;1-3-2/h2-11,20-21,27-28,30,32H,12-13H2,1H3,(H,29,31);3H2,1-2H3. The van der Waals surface area contributed by atoms with Gasteiger partial charge in [-0.2, -0.15) is 13.2 Å². The minimum atomic E-state index is -4.39. The summed E-state index contributed by atoms with van der Waals surface area (Å²) in [5, 5.41) is 21.8. The van der Waals surface area contributed by atoms with Crippen molar-refractivity contribution in [2.75, 3.05) is 23.9 Å². The van der Waals surface area contributed by atoms with Crippen molar-refractivity contribution in [2.24, 2.45) is 4.99 Å². The van der Waals surface area contributed by atoms with Crippen molar-refractivity contribution in [1.29, 1.82) is 0 Å². The van der Waals surface area contributed by atoms with Crippen LogP contribution in [0.15, 0.2) is 71.4 Å². The Balaban J connectivity index is 0.00000108. The van der Waals surface area contributed by atoms with Crippen LogP contribution in [-0.2, 0) is 6.18 Å². The molecule has 2 heterocycles. The summed E-state index contributed by atoms with van der Waals surface area (Å²) >= 11 is 0. The van der Waals surface area contributed by atoms with Crippen molar-refractivity contribution in [2.45, 2.75) is 45.6 Å². The fraction of sp³-hybridized carbons (Fsp3) is 0.346. The van der Waals surface area contributed by atoms with Gasteiger partial charge < -0.3 is 21.1 Å². The van der Waals surface area contributed by atoms with Crippen LogP contribution >= 0.6 is 0 Å². The van der Waals surface area contributed by atoms with E-state index in [1.165, 1.54) is 24.1 Å². The van der Waals surface area contributed by atoms with E-state index in [4.69, 9.17) is 5.11 Å². The number of aliphatic imine (C=N–C) groups is 1. The first-order chi connectivity index (χ1) is 16.8. The Morgan fingerprint density at radius 3 is 2.43 bits per heavy atom. The second-order valence-electron chi connectivity index (χ2n) is 8.33. The number of aliphatic hydroxyl groups excluding tert-OH is 1. The van der Waals surface area contributed by atoms with Gasteiger partial charge in [-0.25, -0.2) is 4.99 Å². The minimum Gasteiger partial charge on any atom is -0.381 e. The molecule has 2 aliphatic heterocycles. The Kier molecular flexibility index (Phi) is 8.95. The SMILES string of the molecule is CC1=CC=CNC1c1ccc2c(c1)NC(CNCO)N=C2Nc1ccc(C(F)(F)F)cc1.CCC.